The number of carbonyl (C=O) groups excluding carboxylic acids is 1. The predicted molar refractivity (Wildman–Crippen MR) is 115 cm³/mol. The van der Waals surface area contributed by atoms with Gasteiger partial charge >= 0.3 is 0 Å². The summed E-state index contributed by atoms with van der Waals surface area (Å²) in [6, 6.07) is 13.8. The van der Waals surface area contributed by atoms with Gasteiger partial charge in [0.25, 0.3) is 5.91 Å². The van der Waals surface area contributed by atoms with Gasteiger partial charge in [0.05, 0.1) is 22.8 Å². The van der Waals surface area contributed by atoms with Crippen molar-refractivity contribution in [2.45, 2.75) is 0 Å². The van der Waals surface area contributed by atoms with Gasteiger partial charge in [-0.25, -0.2) is 0 Å². The van der Waals surface area contributed by atoms with Crippen molar-refractivity contribution in [3.05, 3.63) is 63.6 Å². The Hall–Kier alpha value is -2.35. The molecular weight excluding hydrogens is 452 g/mol. The van der Waals surface area contributed by atoms with E-state index < -0.39 is 5.91 Å². The lowest BCUT2D eigenvalue weighted by Crippen LogP contribution is -2.34. The van der Waals surface area contributed by atoms with Gasteiger partial charge in [0.2, 0.25) is 0 Å². The average molecular weight is 466 g/mol. The van der Waals surface area contributed by atoms with Crippen LogP contribution in [0.2, 0.25) is 5.02 Å². The summed E-state index contributed by atoms with van der Waals surface area (Å²) in [5, 5.41) is 17.4. The molecule has 5 nitrogen and oxygen atoms in total. The predicted octanol–water partition coefficient (Wildman–Crippen LogP) is 5.10. The van der Waals surface area contributed by atoms with Gasteiger partial charge in [-0.1, -0.05) is 35.9 Å². The minimum atomic E-state index is -0.447. The number of benzene rings is 3. The van der Waals surface area contributed by atoms with Gasteiger partial charge in [-0.3, -0.25) is 10.1 Å². The average Bonchev–Trinajstić information content (AvgIpc) is 2.64. The molecule has 0 radical (unpaired) electrons. The maximum atomic E-state index is 12.7. The largest absolute Gasteiger partial charge is 0.506 e. The molecular formula is C19H14BrClN2O3S. The SMILES string of the molecule is COc1c(C(=O)NC(=S)Nc2cc(Cl)ccc2O)cc2ccccc2c1Br. The summed E-state index contributed by atoms with van der Waals surface area (Å²) in [6.07, 6.45) is 0. The van der Waals surface area contributed by atoms with E-state index in [0.717, 1.165) is 10.8 Å². The first-order valence-corrected chi connectivity index (χ1v) is 9.34. The van der Waals surface area contributed by atoms with Crippen molar-refractivity contribution in [2.24, 2.45) is 0 Å². The number of fused-ring (bicyclic) bond motifs is 1. The summed E-state index contributed by atoms with van der Waals surface area (Å²) in [6.45, 7) is 0. The number of phenolic OH excluding ortho intramolecular Hbond substituents is 1. The van der Waals surface area contributed by atoms with Gasteiger partial charge in [-0.15, -0.1) is 0 Å². The molecule has 3 rings (SSSR count). The molecule has 3 aromatic carbocycles. The first kappa shape index (κ1) is 19.4. The molecule has 0 aliphatic heterocycles. The lowest BCUT2D eigenvalue weighted by atomic mass is 10.1. The minimum Gasteiger partial charge on any atom is -0.506 e. The smallest absolute Gasteiger partial charge is 0.261 e. The maximum Gasteiger partial charge on any atom is 0.261 e. The van der Waals surface area contributed by atoms with Crippen LogP contribution in [0.3, 0.4) is 0 Å². The van der Waals surface area contributed by atoms with Gasteiger partial charge in [0.15, 0.2) is 5.11 Å². The van der Waals surface area contributed by atoms with E-state index in [2.05, 4.69) is 26.6 Å². The van der Waals surface area contributed by atoms with E-state index in [1.54, 1.807) is 12.1 Å². The second-order valence-electron chi connectivity index (χ2n) is 5.56. The molecule has 0 aliphatic carbocycles. The van der Waals surface area contributed by atoms with E-state index in [4.69, 9.17) is 28.6 Å². The van der Waals surface area contributed by atoms with E-state index in [9.17, 15) is 9.90 Å². The lowest BCUT2D eigenvalue weighted by Gasteiger charge is -2.15. The second kappa shape index (κ2) is 8.12. The summed E-state index contributed by atoms with van der Waals surface area (Å²) in [5.74, 6) is -0.0843. The zero-order valence-corrected chi connectivity index (χ0v) is 17.2. The fourth-order valence-electron chi connectivity index (χ4n) is 2.58. The first-order chi connectivity index (χ1) is 12.9. The lowest BCUT2D eigenvalue weighted by molar-refractivity contribution is 0.0975. The van der Waals surface area contributed by atoms with E-state index in [-0.39, 0.29) is 10.9 Å². The van der Waals surface area contributed by atoms with Crippen LogP contribution in [0.25, 0.3) is 10.8 Å². The zero-order chi connectivity index (χ0) is 19.6. The molecule has 138 valence electrons. The van der Waals surface area contributed by atoms with Crippen LogP contribution < -0.4 is 15.4 Å². The molecule has 0 bridgehead atoms. The van der Waals surface area contributed by atoms with Crippen LogP contribution >= 0.6 is 39.7 Å². The normalized spacial score (nSPS) is 10.5. The number of phenols is 1. The molecule has 0 unspecified atom stereocenters. The third-order valence-electron chi connectivity index (χ3n) is 3.82. The van der Waals surface area contributed by atoms with E-state index in [1.165, 1.54) is 19.2 Å². The van der Waals surface area contributed by atoms with Crippen molar-refractivity contribution in [2.75, 3.05) is 12.4 Å². The highest BCUT2D eigenvalue weighted by molar-refractivity contribution is 9.10. The maximum absolute atomic E-state index is 12.7. The number of hydrogen-bond acceptors (Lipinski definition) is 4. The molecule has 3 N–H and O–H groups in total. The van der Waals surface area contributed by atoms with Crippen molar-refractivity contribution in [3.8, 4) is 11.5 Å². The van der Waals surface area contributed by atoms with Crippen LogP contribution in [0.15, 0.2) is 53.0 Å². The topological polar surface area (TPSA) is 70.6 Å². The number of halogens is 2. The van der Waals surface area contributed by atoms with Crippen LogP contribution in [0.1, 0.15) is 10.4 Å². The molecule has 3 aromatic rings. The number of methoxy groups -OCH3 is 1. The zero-order valence-electron chi connectivity index (χ0n) is 14.0. The van der Waals surface area contributed by atoms with Crippen LogP contribution in [-0.4, -0.2) is 23.2 Å². The molecule has 0 heterocycles. The van der Waals surface area contributed by atoms with Gasteiger partial charge in [0.1, 0.15) is 11.5 Å². The minimum absolute atomic E-state index is 0.0175. The summed E-state index contributed by atoms with van der Waals surface area (Å²) >= 11 is 14.6. The number of amides is 1. The van der Waals surface area contributed by atoms with Crippen LogP contribution in [0, 0.1) is 0 Å². The fraction of sp³-hybridized carbons (Fsp3) is 0.0526. The third-order valence-corrected chi connectivity index (χ3v) is 5.05. The molecule has 0 spiro atoms. The quantitative estimate of drug-likeness (QED) is 0.371. The number of nitrogens with one attached hydrogen (secondary N) is 2. The highest BCUT2D eigenvalue weighted by Gasteiger charge is 2.19. The Kier molecular flexibility index (Phi) is 5.84. The number of rotatable bonds is 3. The van der Waals surface area contributed by atoms with Crippen molar-refractivity contribution < 1.29 is 14.6 Å². The number of carbonyl (C=O) groups is 1. The summed E-state index contributed by atoms with van der Waals surface area (Å²) in [4.78, 5) is 12.7. The van der Waals surface area contributed by atoms with Crippen molar-refractivity contribution >= 4 is 67.2 Å². The first-order valence-electron chi connectivity index (χ1n) is 7.76. The van der Waals surface area contributed by atoms with E-state index in [1.807, 2.05) is 24.3 Å². The molecule has 0 fully saturated rings. The molecule has 27 heavy (non-hydrogen) atoms. The molecule has 0 saturated heterocycles. The molecule has 0 atom stereocenters. The Morgan fingerprint density at radius 3 is 2.70 bits per heavy atom. The van der Waals surface area contributed by atoms with Crippen LogP contribution in [-0.2, 0) is 0 Å². The Labute approximate surface area is 174 Å². The summed E-state index contributed by atoms with van der Waals surface area (Å²) in [5.41, 5.74) is 0.613. The summed E-state index contributed by atoms with van der Waals surface area (Å²) in [7, 11) is 1.49. The van der Waals surface area contributed by atoms with E-state index >= 15 is 0 Å². The molecule has 1 amide bonds. The Morgan fingerprint density at radius 1 is 1.22 bits per heavy atom. The third kappa shape index (κ3) is 4.16. The second-order valence-corrected chi connectivity index (χ2v) is 7.20. The Morgan fingerprint density at radius 2 is 1.96 bits per heavy atom. The van der Waals surface area contributed by atoms with Gasteiger partial charge in [-0.05, 0) is 63.2 Å². The van der Waals surface area contributed by atoms with Crippen molar-refractivity contribution in [1.29, 1.82) is 0 Å². The van der Waals surface area contributed by atoms with E-state index in [0.29, 0.717) is 26.5 Å². The standard InChI is InChI=1S/C19H14BrClN2O3S/c1-26-17-13(8-10-4-2-3-5-12(10)16(17)20)18(25)23-19(27)22-14-9-11(21)6-7-15(14)24/h2-9,24H,1H3,(H2,22,23,25,27). The highest BCUT2D eigenvalue weighted by Crippen LogP contribution is 2.36. The Balaban J connectivity index is 1.87. The number of ether oxygens (including phenoxy) is 1. The van der Waals surface area contributed by atoms with Gasteiger partial charge < -0.3 is 15.2 Å². The molecule has 0 aliphatic rings. The Bertz CT molecular complexity index is 1060. The van der Waals surface area contributed by atoms with Crippen LogP contribution in [0.4, 0.5) is 5.69 Å². The van der Waals surface area contributed by atoms with Crippen LogP contribution in [0.5, 0.6) is 11.5 Å². The number of thiocarbonyl (C=S) groups is 1. The monoisotopic (exact) mass is 464 g/mol. The number of aromatic hydroxyl groups is 1. The highest BCUT2D eigenvalue weighted by atomic mass is 79.9. The summed E-state index contributed by atoms with van der Waals surface area (Å²) < 4.78 is 6.09. The fourth-order valence-corrected chi connectivity index (χ4v) is 3.70. The van der Waals surface area contributed by atoms with Gasteiger partial charge in [0, 0.05) is 5.02 Å². The van der Waals surface area contributed by atoms with Crippen molar-refractivity contribution in [1.82, 2.24) is 5.32 Å². The molecule has 0 aromatic heterocycles. The molecule has 0 saturated carbocycles. The van der Waals surface area contributed by atoms with Crippen molar-refractivity contribution in [3.63, 3.8) is 0 Å². The number of hydrogen-bond donors (Lipinski definition) is 3. The van der Waals surface area contributed by atoms with Gasteiger partial charge in [-0.2, -0.15) is 0 Å². The molecule has 8 heteroatoms. The number of anilines is 1.